The van der Waals surface area contributed by atoms with Crippen molar-refractivity contribution in [3.8, 4) is 5.75 Å². The number of nitrogen functional groups attached to an aromatic ring is 1. The Hall–Kier alpha value is -2.08. The number of halogens is 2. The lowest BCUT2D eigenvalue weighted by Gasteiger charge is -2.38. The van der Waals surface area contributed by atoms with Gasteiger partial charge in [0.05, 0.1) is 10.5 Å². The number of rotatable bonds is 2. The van der Waals surface area contributed by atoms with E-state index in [0.717, 1.165) is 5.56 Å². The van der Waals surface area contributed by atoms with Crippen LogP contribution in [0.1, 0.15) is 42.2 Å². The van der Waals surface area contributed by atoms with E-state index >= 15 is 0 Å². The Kier molecular flexibility index (Phi) is 4.25. The number of fused-ring (bicyclic) bond motifs is 1. The maximum Gasteiger partial charge on any atom is 0.251 e. The van der Waals surface area contributed by atoms with E-state index < -0.39 is 11.4 Å². The minimum atomic E-state index is -0.412. The van der Waals surface area contributed by atoms with Crippen LogP contribution in [-0.4, -0.2) is 11.5 Å². The Morgan fingerprint density at radius 3 is 2.79 bits per heavy atom. The Balaban J connectivity index is 1.90. The number of benzene rings is 2. The van der Waals surface area contributed by atoms with Crippen LogP contribution in [0, 0.1) is 5.82 Å². The van der Waals surface area contributed by atoms with E-state index in [-0.39, 0.29) is 16.4 Å². The summed E-state index contributed by atoms with van der Waals surface area (Å²) >= 11 is 3.10. The second-order valence-electron chi connectivity index (χ2n) is 6.52. The average molecular weight is 393 g/mol. The highest BCUT2D eigenvalue weighted by molar-refractivity contribution is 9.10. The maximum absolute atomic E-state index is 13.4. The second-order valence-corrected chi connectivity index (χ2v) is 7.37. The highest BCUT2D eigenvalue weighted by atomic mass is 79.9. The first-order valence-electron chi connectivity index (χ1n) is 7.59. The molecule has 2 aromatic rings. The van der Waals surface area contributed by atoms with Crippen molar-refractivity contribution in [2.45, 2.75) is 31.9 Å². The predicted octanol–water partition coefficient (Wildman–Crippen LogP) is 4.20. The summed E-state index contributed by atoms with van der Waals surface area (Å²) in [6.07, 6.45) is 0.609. The van der Waals surface area contributed by atoms with Gasteiger partial charge in [0.1, 0.15) is 17.2 Å². The summed E-state index contributed by atoms with van der Waals surface area (Å²) < 4.78 is 19.6. The summed E-state index contributed by atoms with van der Waals surface area (Å²) in [5.41, 5.74) is 7.31. The molecule has 0 aromatic heterocycles. The van der Waals surface area contributed by atoms with Gasteiger partial charge in [-0.15, -0.1) is 0 Å². The van der Waals surface area contributed by atoms with Crippen molar-refractivity contribution < 1.29 is 13.9 Å². The Labute approximate surface area is 148 Å². The smallest absolute Gasteiger partial charge is 0.251 e. The maximum atomic E-state index is 13.4. The van der Waals surface area contributed by atoms with Crippen molar-refractivity contribution in [2.24, 2.45) is 0 Å². The molecule has 0 aliphatic carbocycles. The molecule has 126 valence electrons. The number of nitrogens with one attached hydrogen (secondary N) is 1. The summed E-state index contributed by atoms with van der Waals surface area (Å²) in [6.45, 7) is 3.94. The molecule has 1 unspecified atom stereocenters. The Bertz CT molecular complexity index is 808. The summed E-state index contributed by atoms with van der Waals surface area (Å²) in [5, 5.41) is 3.00. The van der Waals surface area contributed by atoms with Crippen LogP contribution in [0.3, 0.4) is 0 Å². The standard InChI is InChI=1S/C18H18BrFN2O2/c1-18(2)9-15(12-8-11(21)4-6-16(12)24-18)22-17(23)10-3-5-14(20)13(19)7-10/h3-8,15H,9,21H2,1-2H3,(H,22,23). The number of carbonyl (C=O) groups excluding carboxylic acids is 1. The van der Waals surface area contributed by atoms with E-state index in [1.165, 1.54) is 18.2 Å². The molecular formula is C18H18BrFN2O2. The van der Waals surface area contributed by atoms with E-state index in [4.69, 9.17) is 10.5 Å². The molecule has 0 bridgehead atoms. The van der Waals surface area contributed by atoms with E-state index in [9.17, 15) is 9.18 Å². The molecule has 4 nitrogen and oxygen atoms in total. The lowest BCUT2D eigenvalue weighted by atomic mass is 9.89. The van der Waals surface area contributed by atoms with Crippen LogP contribution in [0.25, 0.3) is 0 Å². The van der Waals surface area contributed by atoms with Gasteiger partial charge in [-0.1, -0.05) is 0 Å². The third-order valence-electron chi connectivity index (χ3n) is 3.98. The minimum absolute atomic E-state index is 0.233. The van der Waals surface area contributed by atoms with Gasteiger partial charge in [-0.05, 0) is 66.2 Å². The molecule has 3 N–H and O–H groups in total. The lowest BCUT2D eigenvalue weighted by molar-refractivity contribution is 0.0620. The zero-order chi connectivity index (χ0) is 17.5. The predicted molar refractivity (Wildman–Crippen MR) is 94.5 cm³/mol. The number of carbonyl (C=O) groups is 1. The zero-order valence-corrected chi connectivity index (χ0v) is 15.0. The van der Waals surface area contributed by atoms with Crippen LogP contribution >= 0.6 is 15.9 Å². The number of nitrogens with two attached hydrogens (primary N) is 1. The van der Waals surface area contributed by atoms with E-state index in [1.54, 1.807) is 6.07 Å². The SMILES string of the molecule is CC1(C)CC(NC(=O)c2ccc(F)c(Br)c2)c2cc(N)ccc2O1. The number of hydrogen-bond acceptors (Lipinski definition) is 3. The van der Waals surface area contributed by atoms with Gasteiger partial charge in [0, 0.05) is 23.2 Å². The van der Waals surface area contributed by atoms with Gasteiger partial charge in [-0.25, -0.2) is 4.39 Å². The topological polar surface area (TPSA) is 64.4 Å². The molecule has 1 atom stereocenters. The van der Waals surface area contributed by atoms with Crippen molar-refractivity contribution in [3.05, 3.63) is 57.8 Å². The fourth-order valence-corrected chi connectivity index (χ4v) is 3.26. The van der Waals surface area contributed by atoms with Gasteiger partial charge in [0.15, 0.2) is 0 Å². The molecular weight excluding hydrogens is 375 g/mol. The molecule has 0 saturated carbocycles. The molecule has 0 saturated heterocycles. The van der Waals surface area contributed by atoms with Crippen molar-refractivity contribution in [2.75, 3.05) is 5.73 Å². The van der Waals surface area contributed by atoms with Gasteiger partial charge in [0.2, 0.25) is 0 Å². The summed E-state index contributed by atoms with van der Waals surface area (Å²) in [5.74, 6) is 0.0367. The van der Waals surface area contributed by atoms with Crippen LogP contribution < -0.4 is 15.8 Å². The first-order chi connectivity index (χ1) is 11.2. The molecule has 24 heavy (non-hydrogen) atoms. The van der Waals surface area contributed by atoms with E-state index in [2.05, 4.69) is 21.2 Å². The molecule has 3 rings (SSSR count). The van der Waals surface area contributed by atoms with Crippen LogP contribution in [0.4, 0.5) is 10.1 Å². The van der Waals surface area contributed by atoms with Crippen molar-refractivity contribution in [1.29, 1.82) is 0 Å². The fraction of sp³-hybridized carbons (Fsp3) is 0.278. The molecule has 0 spiro atoms. The van der Waals surface area contributed by atoms with Crippen LogP contribution in [-0.2, 0) is 0 Å². The van der Waals surface area contributed by atoms with Gasteiger partial charge in [-0.3, -0.25) is 4.79 Å². The fourth-order valence-electron chi connectivity index (χ4n) is 2.88. The highest BCUT2D eigenvalue weighted by Crippen LogP contribution is 2.40. The van der Waals surface area contributed by atoms with Crippen LogP contribution in [0.15, 0.2) is 40.9 Å². The van der Waals surface area contributed by atoms with Crippen molar-refractivity contribution in [3.63, 3.8) is 0 Å². The zero-order valence-electron chi connectivity index (χ0n) is 13.4. The molecule has 2 aromatic carbocycles. The highest BCUT2D eigenvalue weighted by Gasteiger charge is 2.34. The third kappa shape index (κ3) is 3.38. The normalized spacial score (nSPS) is 18.4. The Morgan fingerprint density at radius 1 is 1.33 bits per heavy atom. The molecule has 1 heterocycles. The molecule has 1 aliphatic rings. The monoisotopic (exact) mass is 392 g/mol. The molecule has 0 radical (unpaired) electrons. The van der Waals surface area contributed by atoms with Crippen LogP contribution in [0.5, 0.6) is 5.75 Å². The third-order valence-corrected chi connectivity index (χ3v) is 4.59. The van der Waals surface area contributed by atoms with E-state index in [1.807, 2.05) is 26.0 Å². The lowest BCUT2D eigenvalue weighted by Crippen LogP contribution is -2.41. The number of ether oxygens (including phenoxy) is 1. The second kappa shape index (κ2) is 6.09. The summed E-state index contributed by atoms with van der Waals surface area (Å²) in [6, 6.07) is 9.36. The Morgan fingerprint density at radius 2 is 2.08 bits per heavy atom. The first-order valence-corrected chi connectivity index (χ1v) is 8.39. The summed E-state index contributed by atoms with van der Waals surface area (Å²) in [4.78, 5) is 12.6. The van der Waals surface area contributed by atoms with Gasteiger partial charge >= 0.3 is 0 Å². The average Bonchev–Trinajstić information content (AvgIpc) is 2.50. The minimum Gasteiger partial charge on any atom is -0.487 e. The number of hydrogen-bond donors (Lipinski definition) is 2. The van der Waals surface area contributed by atoms with Crippen LogP contribution in [0.2, 0.25) is 0 Å². The van der Waals surface area contributed by atoms with Gasteiger partial charge in [0.25, 0.3) is 5.91 Å². The van der Waals surface area contributed by atoms with E-state index in [0.29, 0.717) is 23.4 Å². The molecule has 1 amide bonds. The molecule has 6 heteroatoms. The largest absolute Gasteiger partial charge is 0.487 e. The van der Waals surface area contributed by atoms with Crippen molar-refractivity contribution in [1.82, 2.24) is 5.32 Å². The van der Waals surface area contributed by atoms with Crippen molar-refractivity contribution >= 4 is 27.5 Å². The number of amides is 1. The van der Waals surface area contributed by atoms with Gasteiger partial charge in [-0.2, -0.15) is 0 Å². The molecule has 1 aliphatic heterocycles. The number of anilines is 1. The quantitative estimate of drug-likeness (QED) is 0.752. The first kappa shape index (κ1) is 16.8. The molecule has 0 fully saturated rings. The van der Waals surface area contributed by atoms with Gasteiger partial charge < -0.3 is 15.8 Å². The summed E-state index contributed by atoms with van der Waals surface area (Å²) in [7, 11) is 0.